The molecule has 0 fully saturated rings. The zero-order valence-corrected chi connectivity index (χ0v) is 11.3. The number of ether oxygens (including phenoxy) is 1. The van der Waals surface area contributed by atoms with Gasteiger partial charge in [0.25, 0.3) is 0 Å². The van der Waals surface area contributed by atoms with E-state index in [4.69, 9.17) is 4.74 Å². The lowest BCUT2D eigenvalue weighted by molar-refractivity contribution is -0.120. The van der Waals surface area contributed by atoms with Gasteiger partial charge < -0.3 is 10.1 Å². The molecule has 1 amide bonds. The molecule has 0 bridgehead atoms. The number of methoxy groups -OCH3 is 1. The highest BCUT2D eigenvalue weighted by molar-refractivity contribution is 9.10. The average Bonchev–Trinajstić information content (AvgIpc) is 2.16. The summed E-state index contributed by atoms with van der Waals surface area (Å²) in [6, 6.07) is 5.82. The molecule has 88 valence electrons. The summed E-state index contributed by atoms with van der Waals surface area (Å²) in [5.74, 6) is 0.806. The summed E-state index contributed by atoms with van der Waals surface area (Å²) in [7, 11) is 1.62. The van der Waals surface area contributed by atoms with Gasteiger partial charge in [-0.2, -0.15) is 0 Å². The van der Waals surface area contributed by atoms with Gasteiger partial charge in [-0.15, -0.1) is 0 Å². The zero-order chi connectivity index (χ0) is 12.1. The SMILES string of the molecule is COc1ccc(CC(=O)NC(C)C)cc1Br. The van der Waals surface area contributed by atoms with Crippen molar-refractivity contribution in [1.82, 2.24) is 5.32 Å². The highest BCUT2D eigenvalue weighted by Gasteiger charge is 2.07. The Bertz CT molecular complexity index is 377. The molecule has 0 heterocycles. The third-order valence-electron chi connectivity index (χ3n) is 2.03. The van der Waals surface area contributed by atoms with Crippen LogP contribution >= 0.6 is 15.9 Å². The smallest absolute Gasteiger partial charge is 0.224 e. The molecule has 1 aromatic rings. The minimum Gasteiger partial charge on any atom is -0.496 e. The first-order valence-electron chi connectivity index (χ1n) is 5.14. The molecule has 3 nitrogen and oxygen atoms in total. The van der Waals surface area contributed by atoms with Crippen LogP contribution in [-0.2, 0) is 11.2 Å². The number of carbonyl (C=O) groups excluding carboxylic acids is 1. The number of hydrogen-bond acceptors (Lipinski definition) is 2. The van der Waals surface area contributed by atoms with Crippen LogP contribution in [0.1, 0.15) is 19.4 Å². The minimum atomic E-state index is 0.0343. The average molecular weight is 286 g/mol. The molecule has 0 aliphatic carbocycles. The maximum Gasteiger partial charge on any atom is 0.224 e. The van der Waals surface area contributed by atoms with Crippen LogP contribution in [0.25, 0.3) is 0 Å². The van der Waals surface area contributed by atoms with Gasteiger partial charge in [-0.05, 0) is 47.5 Å². The Balaban J connectivity index is 2.68. The van der Waals surface area contributed by atoms with Gasteiger partial charge in [0.05, 0.1) is 18.0 Å². The van der Waals surface area contributed by atoms with Crippen LogP contribution in [0.4, 0.5) is 0 Å². The van der Waals surface area contributed by atoms with Crippen LogP contribution in [0.3, 0.4) is 0 Å². The first-order chi connectivity index (χ1) is 7.52. The minimum absolute atomic E-state index is 0.0343. The predicted octanol–water partition coefficient (Wildman–Crippen LogP) is 2.52. The monoisotopic (exact) mass is 285 g/mol. The van der Waals surface area contributed by atoms with Crippen LogP contribution in [0.5, 0.6) is 5.75 Å². The molecule has 0 saturated heterocycles. The number of amides is 1. The van der Waals surface area contributed by atoms with Crippen molar-refractivity contribution in [2.24, 2.45) is 0 Å². The molecule has 0 radical (unpaired) electrons. The molecular formula is C12H16BrNO2. The third kappa shape index (κ3) is 3.85. The summed E-state index contributed by atoms with van der Waals surface area (Å²) in [5.41, 5.74) is 0.964. The standard InChI is InChI=1S/C12H16BrNO2/c1-8(2)14-12(15)7-9-4-5-11(16-3)10(13)6-9/h4-6,8H,7H2,1-3H3,(H,14,15). The Labute approximate surface area is 104 Å². The molecule has 0 spiro atoms. The van der Waals surface area contributed by atoms with Crippen LogP contribution < -0.4 is 10.1 Å². The molecule has 0 saturated carbocycles. The van der Waals surface area contributed by atoms with Gasteiger partial charge in [0.15, 0.2) is 0 Å². The molecule has 1 N–H and O–H groups in total. The maximum absolute atomic E-state index is 11.5. The van der Waals surface area contributed by atoms with Gasteiger partial charge in [0.2, 0.25) is 5.91 Å². The number of rotatable bonds is 4. The lowest BCUT2D eigenvalue weighted by Gasteiger charge is -2.09. The number of nitrogens with one attached hydrogen (secondary N) is 1. The van der Waals surface area contributed by atoms with Crippen LogP contribution in [0, 0.1) is 0 Å². The van der Waals surface area contributed by atoms with Gasteiger partial charge in [0.1, 0.15) is 5.75 Å². The van der Waals surface area contributed by atoms with E-state index in [9.17, 15) is 4.79 Å². The normalized spacial score (nSPS) is 10.3. The summed E-state index contributed by atoms with van der Waals surface area (Å²) in [5, 5.41) is 2.85. The highest BCUT2D eigenvalue weighted by atomic mass is 79.9. The van der Waals surface area contributed by atoms with Crippen molar-refractivity contribution in [2.75, 3.05) is 7.11 Å². The fraction of sp³-hybridized carbons (Fsp3) is 0.417. The number of halogens is 1. The predicted molar refractivity (Wildman–Crippen MR) is 67.7 cm³/mol. The van der Waals surface area contributed by atoms with Gasteiger partial charge >= 0.3 is 0 Å². The van der Waals surface area contributed by atoms with Crippen LogP contribution in [0.15, 0.2) is 22.7 Å². The van der Waals surface area contributed by atoms with Crippen molar-refractivity contribution in [3.8, 4) is 5.75 Å². The number of benzene rings is 1. The fourth-order valence-electron chi connectivity index (χ4n) is 1.38. The number of hydrogen-bond donors (Lipinski definition) is 1. The van der Waals surface area contributed by atoms with E-state index in [2.05, 4.69) is 21.2 Å². The van der Waals surface area contributed by atoms with Crippen molar-refractivity contribution in [2.45, 2.75) is 26.3 Å². The van der Waals surface area contributed by atoms with Crippen LogP contribution in [0.2, 0.25) is 0 Å². The molecular weight excluding hydrogens is 270 g/mol. The molecule has 1 rings (SSSR count). The van der Waals surface area contributed by atoms with Gasteiger partial charge in [-0.25, -0.2) is 0 Å². The van der Waals surface area contributed by atoms with Gasteiger partial charge in [-0.3, -0.25) is 4.79 Å². The summed E-state index contributed by atoms with van der Waals surface area (Å²) in [6.45, 7) is 3.89. The quantitative estimate of drug-likeness (QED) is 0.923. The highest BCUT2D eigenvalue weighted by Crippen LogP contribution is 2.25. The molecule has 4 heteroatoms. The lowest BCUT2D eigenvalue weighted by Crippen LogP contribution is -2.31. The van der Waals surface area contributed by atoms with Crippen LogP contribution in [-0.4, -0.2) is 19.1 Å². The van der Waals surface area contributed by atoms with E-state index in [1.807, 2.05) is 32.0 Å². The van der Waals surface area contributed by atoms with E-state index >= 15 is 0 Å². The summed E-state index contributed by atoms with van der Waals surface area (Å²) in [4.78, 5) is 11.5. The molecule has 16 heavy (non-hydrogen) atoms. The van der Waals surface area contributed by atoms with Crippen molar-refractivity contribution in [3.05, 3.63) is 28.2 Å². The molecule has 1 aromatic carbocycles. The van der Waals surface area contributed by atoms with E-state index < -0.39 is 0 Å². The van der Waals surface area contributed by atoms with E-state index in [1.165, 1.54) is 0 Å². The topological polar surface area (TPSA) is 38.3 Å². The second kappa shape index (κ2) is 5.89. The Hall–Kier alpha value is -1.03. The van der Waals surface area contributed by atoms with E-state index in [0.717, 1.165) is 15.8 Å². The summed E-state index contributed by atoms with van der Waals surface area (Å²) >= 11 is 3.39. The van der Waals surface area contributed by atoms with Crippen molar-refractivity contribution in [3.63, 3.8) is 0 Å². The first-order valence-corrected chi connectivity index (χ1v) is 5.94. The third-order valence-corrected chi connectivity index (χ3v) is 2.65. The fourth-order valence-corrected chi connectivity index (χ4v) is 1.97. The second-order valence-corrected chi connectivity index (χ2v) is 4.72. The second-order valence-electron chi connectivity index (χ2n) is 3.87. The molecule has 0 atom stereocenters. The summed E-state index contributed by atoms with van der Waals surface area (Å²) in [6.07, 6.45) is 0.390. The van der Waals surface area contributed by atoms with E-state index in [1.54, 1.807) is 7.11 Å². The molecule has 0 aliphatic heterocycles. The Kier molecular flexibility index (Phi) is 4.80. The van der Waals surface area contributed by atoms with E-state index in [-0.39, 0.29) is 11.9 Å². The largest absolute Gasteiger partial charge is 0.496 e. The summed E-state index contributed by atoms with van der Waals surface area (Å²) < 4.78 is 5.99. The van der Waals surface area contributed by atoms with Crippen molar-refractivity contribution < 1.29 is 9.53 Å². The van der Waals surface area contributed by atoms with Gasteiger partial charge in [-0.1, -0.05) is 6.07 Å². The van der Waals surface area contributed by atoms with E-state index in [0.29, 0.717) is 6.42 Å². The Morgan fingerprint density at radius 1 is 1.50 bits per heavy atom. The molecule has 0 unspecified atom stereocenters. The Morgan fingerprint density at radius 3 is 2.69 bits per heavy atom. The first kappa shape index (κ1) is 13.0. The lowest BCUT2D eigenvalue weighted by atomic mass is 10.1. The van der Waals surface area contributed by atoms with Crippen molar-refractivity contribution in [1.29, 1.82) is 0 Å². The Morgan fingerprint density at radius 2 is 2.19 bits per heavy atom. The number of carbonyl (C=O) groups is 1. The molecule has 0 aromatic heterocycles. The zero-order valence-electron chi connectivity index (χ0n) is 9.71. The maximum atomic E-state index is 11.5. The van der Waals surface area contributed by atoms with Gasteiger partial charge in [0, 0.05) is 6.04 Å². The molecule has 0 aliphatic rings. The van der Waals surface area contributed by atoms with Crippen molar-refractivity contribution >= 4 is 21.8 Å².